The van der Waals surface area contributed by atoms with Crippen molar-refractivity contribution in [2.45, 2.75) is 26.5 Å². The first-order valence-electron chi connectivity index (χ1n) is 5.64. The van der Waals surface area contributed by atoms with Crippen LogP contribution in [0.1, 0.15) is 19.2 Å². The highest BCUT2D eigenvalue weighted by Crippen LogP contribution is 2.14. The van der Waals surface area contributed by atoms with E-state index in [9.17, 15) is 0 Å². The number of ether oxygens (including phenoxy) is 1. The van der Waals surface area contributed by atoms with E-state index in [0.717, 1.165) is 30.2 Å². The van der Waals surface area contributed by atoms with Gasteiger partial charge in [0.1, 0.15) is 18.7 Å². The maximum Gasteiger partial charge on any atom is 0.164 e. The number of benzene rings is 1. The van der Waals surface area contributed by atoms with Gasteiger partial charge >= 0.3 is 0 Å². The number of nitrogen functional groups attached to an aromatic ring is 1. The average molecular weight is 232 g/mol. The monoisotopic (exact) mass is 232 g/mol. The fourth-order valence-corrected chi connectivity index (χ4v) is 1.51. The minimum Gasteiger partial charge on any atom is -0.486 e. The zero-order valence-electron chi connectivity index (χ0n) is 9.84. The molecule has 5 heteroatoms. The van der Waals surface area contributed by atoms with Gasteiger partial charge in [0.15, 0.2) is 5.82 Å². The van der Waals surface area contributed by atoms with Crippen LogP contribution < -0.4 is 10.5 Å². The second-order valence-electron chi connectivity index (χ2n) is 3.76. The summed E-state index contributed by atoms with van der Waals surface area (Å²) in [6.45, 7) is 3.39. The van der Waals surface area contributed by atoms with Crippen molar-refractivity contribution in [3.63, 3.8) is 0 Å². The number of nitrogens with zero attached hydrogens (tertiary/aromatic N) is 3. The molecule has 0 aliphatic carbocycles. The molecule has 2 rings (SSSR count). The molecule has 1 heterocycles. The van der Waals surface area contributed by atoms with Crippen LogP contribution in [0.4, 0.5) is 5.69 Å². The summed E-state index contributed by atoms with van der Waals surface area (Å²) in [7, 11) is 0. The lowest BCUT2D eigenvalue weighted by Gasteiger charge is -2.07. The van der Waals surface area contributed by atoms with E-state index in [1.165, 1.54) is 0 Å². The fraction of sp³-hybridized carbons (Fsp3) is 0.333. The van der Waals surface area contributed by atoms with Crippen molar-refractivity contribution < 1.29 is 4.74 Å². The van der Waals surface area contributed by atoms with E-state index < -0.39 is 0 Å². The van der Waals surface area contributed by atoms with Crippen LogP contribution >= 0.6 is 0 Å². The molecule has 2 aromatic rings. The smallest absolute Gasteiger partial charge is 0.164 e. The molecule has 0 amide bonds. The Morgan fingerprint density at radius 3 is 2.76 bits per heavy atom. The van der Waals surface area contributed by atoms with Crippen LogP contribution in [0.15, 0.2) is 30.6 Å². The molecule has 0 unspecified atom stereocenters. The van der Waals surface area contributed by atoms with Crippen LogP contribution in [0, 0.1) is 0 Å². The Hall–Kier alpha value is -2.04. The van der Waals surface area contributed by atoms with Gasteiger partial charge in [-0.15, -0.1) is 0 Å². The number of rotatable bonds is 5. The molecule has 0 saturated heterocycles. The molecule has 90 valence electrons. The van der Waals surface area contributed by atoms with Gasteiger partial charge in [-0.1, -0.05) is 6.92 Å². The second kappa shape index (κ2) is 5.34. The molecule has 0 aliphatic heterocycles. The summed E-state index contributed by atoms with van der Waals surface area (Å²) < 4.78 is 7.47. The minimum absolute atomic E-state index is 0.421. The second-order valence-corrected chi connectivity index (χ2v) is 3.76. The van der Waals surface area contributed by atoms with Crippen molar-refractivity contribution in [2.75, 3.05) is 5.73 Å². The Bertz CT molecular complexity index is 464. The maximum absolute atomic E-state index is 5.61. The number of aromatic nitrogens is 3. The van der Waals surface area contributed by atoms with Crippen LogP contribution in [0.25, 0.3) is 0 Å². The van der Waals surface area contributed by atoms with E-state index in [4.69, 9.17) is 10.5 Å². The van der Waals surface area contributed by atoms with Gasteiger partial charge < -0.3 is 10.5 Å². The lowest BCUT2D eigenvalue weighted by Crippen LogP contribution is -2.08. The molecule has 0 aliphatic rings. The number of hydrogen-bond acceptors (Lipinski definition) is 4. The van der Waals surface area contributed by atoms with E-state index in [-0.39, 0.29) is 0 Å². The number of nitrogens with two attached hydrogens (primary N) is 1. The Morgan fingerprint density at radius 1 is 1.29 bits per heavy atom. The summed E-state index contributed by atoms with van der Waals surface area (Å²) in [5.74, 6) is 1.62. The van der Waals surface area contributed by atoms with Gasteiger partial charge in [-0.05, 0) is 30.7 Å². The van der Waals surface area contributed by atoms with Crippen LogP contribution in [0.3, 0.4) is 0 Å². The summed E-state index contributed by atoms with van der Waals surface area (Å²) in [4.78, 5) is 4.17. The van der Waals surface area contributed by atoms with Crippen molar-refractivity contribution in [3.05, 3.63) is 36.4 Å². The molecule has 0 atom stereocenters. The molecule has 5 nitrogen and oxygen atoms in total. The van der Waals surface area contributed by atoms with Gasteiger partial charge in [0.25, 0.3) is 0 Å². The van der Waals surface area contributed by atoms with Gasteiger partial charge in [-0.2, -0.15) is 5.10 Å². The Balaban J connectivity index is 1.97. The van der Waals surface area contributed by atoms with Gasteiger partial charge in [0.05, 0.1) is 0 Å². The van der Waals surface area contributed by atoms with Crippen molar-refractivity contribution in [1.29, 1.82) is 0 Å². The fourth-order valence-electron chi connectivity index (χ4n) is 1.51. The molecular weight excluding hydrogens is 216 g/mol. The zero-order valence-corrected chi connectivity index (χ0v) is 9.84. The summed E-state index contributed by atoms with van der Waals surface area (Å²) in [6, 6.07) is 7.31. The van der Waals surface area contributed by atoms with Gasteiger partial charge in [0.2, 0.25) is 0 Å². The van der Waals surface area contributed by atoms with E-state index in [0.29, 0.717) is 6.61 Å². The Kier molecular flexibility index (Phi) is 3.59. The lowest BCUT2D eigenvalue weighted by molar-refractivity contribution is 0.286. The first kappa shape index (κ1) is 11.4. The predicted molar refractivity (Wildman–Crippen MR) is 65.5 cm³/mol. The van der Waals surface area contributed by atoms with E-state index in [1.54, 1.807) is 6.33 Å². The average Bonchev–Trinajstić information content (AvgIpc) is 2.77. The highest BCUT2D eigenvalue weighted by atomic mass is 16.5. The van der Waals surface area contributed by atoms with Crippen molar-refractivity contribution in [3.8, 4) is 5.75 Å². The van der Waals surface area contributed by atoms with Crippen LogP contribution in [0.5, 0.6) is 5.75 Å². The Labute approximate surface area is 100 Å². The molecule has 0 spiro atoms. The Morgan fingerprint density at radius 2 is 2.06 bits per heavy atom. The minimum atomic E-state index is 0.421. The molecule has 0 bridgehead atoms. The third-order valence-corrected chi connectivity index (χ3v) is 2.38. The molecule has 0 fully saturated rings. The first-order valence-corrected chi connectivity index (χ1v) is 5.64. The zero-order chi connectivity index (χ0) is 12.1. The van der Waals surface area contributed by atoms with Crippen LogP contribution in [0.2, 0.25) is 0 Å². The van der Waals surface area contributed by atoms with E-state index in [2.05, 4.69) is 17.0 Å². The third-order valence-electron chi connectivity index (χ3n) is 2.38. The van der Waals surface area contributed by atoms with Gasteiger partial charge in [-0.25, -0.2) is 9.67 Å². The highest BCUT2D eigenvalue weighted by Gasteiger charge is 2.04. The van der Waals surface area contributed by atoms with E-state index in [1.807, 2.05) is 28.9 Å². The molecule has 0 radical (unpaired) electrons. The topological polar surface area (TPSA) is 66.0 Å². The number of aryl methyl sites for hydroxylation is 1. The number of anilines is 1. The predicted octanol–water partition coefficient (Wildman–Crippen LogP) is 1.85. The largest absolute Gasteiger partial charge is 0.486 e. The molecular formula is C12H16N4O. The molecule has 1 aromatic carbocycles. The molecule has 17 heavy (non-hydrogen) atoms. The normalized spacial score (nSPS) is 10.4. The highest BCUT2D eigenvalue weighted by molar-refractivity contribution is 5.41. The molecule has 2 N–H and O–H groups in total. The van der Waals surface area contributed by atoms with Crippen LogP contribution in [-0.2, 0) is 13.2 Å². The lowest BCUT2D eigenvalue weighted by atomic mass is 10.3. The third kappa shape index (κ3) is 2.96. The summed E-state index contributed by atoms with van der Waals surface area (Å²) in [5.41, 5.74) is 6.33. The maximum atomic E-state index is 5.61. The van der Waals surface area contributed by atoms with Crippen molar-refractivity contribution in [1.82, 2.24) is 14.8 Å². The van der Waals surface area contributed by atoms with Crippen molar-refractivity contribution >= 4 is 5.69 Å². The van der Waals surface area contributed by atoms with Crippen molar-refractivity contribution in [2.24, 2.45) is 0 Å². The molecule has 0 saturated carbocycles. The summed E-state index contributed by atoms with van der Waals surface area (Å²) in [6.07, 6.45) is 2.58. The molecule has 1 aromatic heterocycles. The van der Waals surface area contributed by atoms with Gasteiger partial charge in [0, 0.05) is 12.2 Å². The SMILES string of the molecule is CCCn1ncnc1COc1ccc(N)cc1. The van der Waals surface area contributed by atoms with E-state index >= 15 is 0 Å². The summed E-state index contributed by atoms with van der Waals surface area (Å²) >= 11 is 0. The standard InChI is InChI=1S/C12H16N4O/c1-2-7-16-12(14-9-15-16)8-17-11-5-3-10(13)4-6-11/h3-6,9H,2,7-8,13H2,1H3. The first-order chi connectivity index (χ1) is 8.29. The number of hydrogen-bond donors (Lipinski definition) is 1. The summed E-state index contributed by atoms with van der Waals surface area (Å²) in [5, 5.41) is 4.14. The van der Waals surface area contributed by atoms with Gasteiger partial charge in [-0.3, -0.25) is 0 Å². The quantitative estimate of drug-likeness (QED) is 0.799. The van der Waals surface area contributed by atoms with Crippen LogP contribution in [-0.4, -0.2) is 14.8 Å².